The molecule has 1 heterocycles. The first kappa shape index (κ1) is 16.3. The SMILES string of the molecule is Cc1ccc(N2C(=O)CCC2(C)C(=O)NC2CCCC2)cc1Cl. The van der Waals surface area contributed by atoms with Crippen LogP contribution in [0, 0.1) is 6.92 Å². The maximum absolute atomic E-state index is 12.9. The number of hydrogen-bond acceptors (Lipinski definition) is 2. The normalized spacial score (nSPS) is 25.2. The van der Waals surface area contributed by atoms with Gasteiger partial charge in [-0.25, -0.2) is 0 Å². The first-order valence-corrected chi connectivity index (χ1v) is 8.70. The Bertz CT molecular complexity index is 640. The van der Waals surface area contributed by atoms with Gasteiger partial charge in [-0.05, 0) is 50.8 Å². The van der Waals surface area contributed by atoms with E-state index in [-0.39, 0.29) is 17.9 Å². The predicted molar refractivity (Wildman–Crippen MR) is 91.7 cm³/mol. The number of amides is 2. The Balaban J connectivity index is 1.88. The molecule has 1 aliphatic carbocycles. The number of nitrogens with one attached hydrogen (secondary N) is 1. The molecule has 2 amide bonds. The van der Waals surface area contributed by atoms with E-state index in [9.17, 15) is 9.59 Å². The van der Waals surface area contributed by atoms with E-state index in [1.807, 2.05) is 26.0 Å². The quantitative estimate of drug-likeness (QED) is 0.918. The van der Waals surface area contributed by atoms with Gasteiger partial charge in [0.05, 0.1) is 0 Å². The van der Waals surface area contributed by atoms with Crippen molar-refractivity contribution in [2.75, 3.05) is 4.90 Å². The molecule has 2 fully saturated rings. The number of rotatable bonds is 3. The molecule has 1 aliphatic heterocycles. The summed E-state index contributed by atoms with van der Waals surface area (Å²) in [5.41, 5.74) is 0.824. The smallest absolute Gasteiger partial charge is 0.246 e. The summed E-state index contributed by atoms with van der Waals surface area (Å²) in [5, 5.41) is 3.75. The minimum Gasteiger partial charge on any atom is -0.351 e. The van der Waals surface area contributed by atoms with Crippen LogP contribution < -0.4 is 10.2 Å². The number of anilines is 1. The number of benzene rings is 1. The van der Waals surface area contributed by atoms with Gasteiger partial charge in [-0.2, -0.15) is 0 Å². The van der Waals surface area contributed by atoms with E-state index >= 15 is 0 Å². The second kappa shape index (κ2) is 6.16. The van der Waals surface area contributed by atoms with Gasteiger partial charge in [0, 0.05) is 23.2 Å². The van der Waals surface area contributed by atoms with E-state index in [4.69, 9.17) is 11.6 Å². The zero-order valence-corrected chi connectivity index (χ0v) is 14.4. The van der Waals surface area contributed by atoms with Crippen LogP contribution in [-0.2, 0) is 9.59 Å². The molecule has 0 spiro atoms. The van der Waals surface area contributed by atoms with Crippen molar-refractivity contribution in [2.24, 2.45) is 0 Å². The van der Waals surface area contributed by atoms with Gasteiger partial charge in [0.15, 0.2) is 0 Å². The van der Waals surface area contributed by atoms with Gasteiger partial charge in [-0.15, -0.1) is 0 Å². The minimum atomic E-state index is -0.835. The second-order valence-electron chi connectivity index (χ2n) is 6.89. The molecule has 2 aliphatic rings. The monoisotopic (exact) mass is 334 g/mol. The van der Waals surface area contributed by atoms with Gasteiger partial charge in [0.25, 0.3) is 0 Å². The molecule has 1 aromatic carbocycles. The Morgan fingerprint density at radius 1 is 1.35 bits per heavy atom. The third kappa shape index (κ3) is 2.97. The van der Waals surface area contributed by atoms with Crippen molar-refractivity contribution < 1.29 is 9.59 Å². The van der Waals surface area contributed by atoms with Gasteiger partial charge in [-0.1, -0.05) is 30.5 Å². The van der Waals surface area contributed by atoms with Crippen LogP contribution in [0.5, 0.6) is 0 Å². The van der Waals surface area contributed by atoms with Gasteiger partial charge >= 0.3 is 0 Å². The van der Waals surface area contributed by atoms with E-state index in [0.29, 0.717) is 23.6 Å². The Hall–Kier alpha value is -1.55. The van der Waals surface area contributed by atoms with Crippen LogP contribution in [-0.4, -0.2) is 23.4 Å². The molecular formula is C18H23ClN2O2. The summed E-state index contributed by atoms with van der Waals surface area (Å²) >= 11 is 6.21. The van der Waals surface area contributed by atoms with Gasteiger partial charge in [0.2, 0.25) is 11.8 Å². The summed E-state index contributed by atoms with van der Waals surface area (Å²) in [6, 6.07) is 5.78. The summed E-state index contributed by atoms with van der Waals surface area (Å²) < 4.78 is 0. The van der Waals surface area contributed by atoms with Crippen LogP contribution in [0.2, 0.25) is 5.02 Å². The van der Waals surface area contributed by atoms with Crippen LogP contribution in [0.3, 0.4) is 0 Å². The number of carbonyl (C=O) groups excluding carboxylic acids is 2. The maximum atomic E-state index is 12.9. The summed E-state index contributed by atoms with van der Waals surface area (Å²) in [4.78, 5) is 26.9. The lowest BCUT2D eigenvalue weighted by molar-refractivity contribution is -0.127. The largest absolute Gasteiger partial charge is 0.351 e. The Morgan fingerprint density at radius 2 is 2.04 bits per heavy atom. The molecule has 0 bridgehead atoms. The highest BCUT2D eigenvalue weighted by Gasteiger charge is 2.48. The number of nitrogens with zero attached hydrogens (tertiary/aromatic N) is 1. The molecule has 1 N–H and O–H groups in total. The molecule has 124 valence electrons. The lowest BCUT2D eigenvalue weighted by Crippen LogP contribution is -2.56. The highest BCUT2D eigenvalue weighted by molar-refractivity contribution is 6.31. The van der Waals surface area contributed by atoms with Crippen molar-refractivity contribution in [3.8, 4) is 0 Å². The zero-order chi connectivity index (χ0) is 16.6. The van der Waals surface area contributed by atoms with Crippen molar-refractivity contribution in [1.29, 1.82) is 0 Å². The molecule has 1 saturated heterocycles. The second-order valence-corrected chi connectivity index (χ2v) is 7.30. The third-order valence-electron chi connectivity index (χ3n) is 5.16. The molecular weight excluding hydrogens is 312 g/mol. The molecule has 0 aromatic heterocycles. The number of aryl methyl sites for hydroxylation is 1. The topological polar surface area (TPSA) is 49.4 Å². The summed E-state index contributed by atoms with van der Waals surface area (Å²) in [6.07, 6.45) is 5.32. The van der Waals surface area contributed by atoms with Crippen LogP contribution in [0.25, 0.3) is 0 Å². The molecule has 5 heteroatoms. The maximum Gasteiger partial charge on any atom is 0.246 e. The van der Waals surface area contributed by atoms with Crippen LogP contribution in [0.4, 0.5) is 5.69 Å². The van der Waals surface area contributed by atoms with Crippen LogP contribution in [0.1, 0.15) is 51.0 Å². The van der Waals surface area contributed by atoms with E-state index < -0.39 is 5.54 Å². The minimum absolute atomic E-state index is 0.0195. The standard InChI is InChI=1S/C18H23ClN2O2/c1-12-7-8-14(11-15(12)19)21-16(22)9-10-18(21,2)17(23)20-13-5-3-4-6-13/h7-8,11,13H,3-6,9-10H2,1-2H3,(H,20,23). The summed E-state index contributed by atoms with van der Waals surface area (Å²) in [7, 11) is 0. The first-order chi connectivity index (χ1) is 10.9. The van der Waals surface area contributed by atoms with E-state index in [1.54, 1.807) is 11.0 Å². The van der Waals surface area contributed by atoms with Crippen molar-refractivity contribution in [3.63, 3.8) is 0 Å². The molecule has 4 nitrogen and oxygen atoms in total. The van der Waals surface area contributed by atoms with Gasteiger partial charge < -0.3 is 5.32 Å². The van der Waals surface area contributed by atoms with Crippen molar-refractivity contribution >= 4 is 29.1 Å². The highest BCUT2D eigenvalue weighted by Crippen LogP contribution is 2.37. The molecule has 0 radical (unpaired) electrons. The van der Waals surface area contributed by atoms with Crippen LogP contribution in [0.15, 0.2) is 18.2 Å². The van der Waals surface area contributed by atoms with E-state index in [1.165, 1.54) is 0 Å². The van der Waals surface area contributed by atoms with Gasteiger partial charge in [0.1, 0.15) is 5.54 Å². The Morgan fingerprint density at radius 3 is 2.70 bits per heavy atom. The Kier molecular flexibility index (Phi) is 4.37. The number of hydrogen-bond donors (Lipinski definition) is 1. The molecule has 1 atom stereocenters. The number of carbonyl (C=O) groups is 2. The molecule has 3 rings (SSSR count). The fraction of sp³-hybridized carbons (Fsp3) is 0.556. The van der Waals surface area contributed by atoms with Crippen molar-refractivity contribution in [2.45, 2.75) is 64.0 Å². The fourth-order valence-corrected chi connectivity index (χ4v) is 3.80. The lowest BCUT2D eigenvalue weighted by atomic mass is 9.96. The summed E-state index contributed by atoms with van der Waals surface area (Å²) in [5.74, 6) is -0.0686. The summed E-state index contributed by atoms with van der Waals surface area (Å²) in [6.45, 7) is 3.78. The average molecular weight is 335 g/mol. The molecule has 1 saturated carbocycles. The highest BCUT2D eigenvalue weighted by atomic mass is 35.5. The molecule has 23 heavy (non-hydrogen) atoms. The molecule has 1 aromatic rings. The fourth-order valence-electron chi connectivity index (χ4n) is 3.63. The van der Waals surface area contributed by atoms with Crippen molar-refractivity contribution in [3.05, 3.63) is 28.8 Å². The molecule has 1 unspecified atom stereocenters. The number of halogens is 1. The lowest BCUT2D eigenvalue weighted by Gasteiger charge is -2.35. The average Bonchev–Trinajstić information content (AvgIpc) is 3.11. The van der Waals surface area contributed by atoms with E-state index in [2.05, 4.69) is 5.32 Å². The van der Waals surface area contributed by atoms with Gasteiger partial charge in [-0.3, -0.25) is 14.5 Å². The van der Waals surface area contributed by atoms with E-state index in [0.717, 1.165) is 31.2 Å². The van der Waals surface area contributed by atoms with Crippen molar-refractivity contribution in [1.82, 2.24) is 5.32 Å². The predicted octanol–water partition coefficient (Wildman–Crippen LogP) is 3.59. The Labute approximate surface area is 142 Å². The first-order valence-electron chi connectivity index (χ1n) is 8.32. The van der Waals surface area contributed by atoms with Crippen LogP contribution >= 0.6 is 11.6 Å². The third-order valence-corrected chi connectivity index (χ3v) is 5.57. The zero-order valence-electron chi connectivity index (χ0n) is 13.7.